The van der Waals surface area contributed by atoms with Crippen LogP contribution in [0.4, 0.5) is 0 Å². The van der Waals surface area contributed by atoms with Gasteiger partial charge in [-0.05, 0) is 43.7 Å². The lowest BCUT2D eigenvalue weighted by Gasteiger charge is -2.38. The minimum atomic E-state index is 0.256. The van der Waals surface area contributed by atoms with Gasteiger partial charge in [0.1, 0.15) is 0 Å². The Bertz CT molecular complexity index is 440. The average molecular weight is 272 g/mol. The van der Waals surface area contributed by atoms with Crippen molar-refractivity contribution in [2.45, 2.75) is 57.4 Å². The van der Waals surface area contributed by atoms with Crippen LogP contribution in [0, 0.1) is 5.92 Å². The van der Waals surface area contributed by atoms with Gasteiger partial charge in [0.25, 0.3) is 0 Å². The highest BCUT2D eigenvalue weighted by Crippen LogP contribution is 2.34. The zero-order chi connectivity index (χ0) is 13.8. The van der Waals surface area contributed by atoms with Gasteiger partial charge in [-0.3, -0.25) is 9.78 Å². The number of hydrogen-bond acceptors (Lipinski definition) is 2. The summed E-state index contributed by atoms with van der Waals surface area (Å²) in [4.78, 5) is 19.2. The van der Waals surface area contributed by atoms with Gasteiger partial charge in [-0.15, -0.1) is 0 Å². The normalized spacial score (nSPS) is 24.6. The van der Waals surface area contributed by atoms with Crippen molar-refractivity contribution in [3.8, 4) is 0 Å². The van der Waals surface area contributed by atoms with Crippen LogP contribution in [0.15, 0.2) is 24.5 Å². The molecule has 108 valence electrons. The van der Waals surface area contributed by atoms with E-state index in [4.69, 9.17) is 0 Å². The summed E-state index contributed by atoms with van der Waals surface area (Å²) in [6.45, 7) is 0.925. The molecule has 20 heavy (non-hydrogen) atoms. The molecule has 2 fully saturated rings. The molecule has 1 aromatic heterocycles. The van der Waals surface area contributed by atoms with Crippen LogP contribution in [0.5, 0.6) is 0 Å². The van der Waals surface area contributed by atoms with Crippen LogP contribution in [-0.4, -0.2) is 22.3 Å². The molecule has 1 saturated heterocycles. The van der Waals surface area contributed by atoms with Crippen LogP contribution in [0.2, 0.25) is 0 Å². The SMILES string of the molecule is O=C(C1CCCCC1)N1CCCCC1c1cccnc1. The Balaban J connectivity index is 1.76. The summed E-state index contributed by atoms with van der Waals surface area (Å²) in [6, 6.07) is 4.35. The largest absolute Gasteiger partial charge is 0.335 e. The minimum absolute atomic E-state index is 0.256. The molecular formula is C17H24N2O. The molecule has 1 amide bonds. The maximum absolute atomic E-state index is 12.8. The average Bonchev–Trinajstić information content (AvgIpc) is 2.56. The number of carbonyl (C=O) groups is 1. The first-order valence-electron chi connectivity index (χ1n) is 8.06. The molecule has 0 bridgehead atoms. The highest BCUT2D eigenvalue weighted by molar-refractivity contribution is 5.79. The second kappa shape index (κ2) is 6.38. The van der Waals surface area contributed by atoms with E-state index < -0.39 is 0 Å². The fraction of sp³-hybridized carbons (Fsp3) is 0.647. The van der Waals surface area contributed by atoms with Gasteiger partial charge in [0, 0.05) is 24.9 Å². The highest BCUT2D eigenvalue weighted by atomic mass is 16.2. The summed E-state index contributed by atoms with van der Waals surface area (Å²) in [5.41, 5.74) is 1.20. The Hall–Kier alpha value is -1.38. The Morgan fingerprint density at radius 2 is 1.90 bits per heavy atom. The standard InChI is InChI=1S/C17H24N2O/c20-17(14-7-2-1-3-8-14)19-12-5-4-10-16(19)15-9-6-11-18-13-15/h6,9,11,13-14,16H,1-5,7-8,10,12H2. The number of pyridine rings is 1. The number of rotatable bonds is 2. The molecule has 1 atom stereocenters. The molecule has 0 aromatic carbocycles. The molecule has 3 rings (SSSR count). The molecule has 0 spiro atoms. The number of aromatic nitrogens is 1. The van der Waals surface area contributed by atoms with E-state index in [-0.39, 0.29) is 12.0 Å². The van der Waals surface area contributed by atoms with Crippen molar-refractivity contribution in [1.82, 2.24) is 9.88 Å². The van der Waals surface area contributed by atoms with Gasteiger partial charge in [-0.2, -0.15) is 0 Å². The van der Waals surface area contributed by atoms with Crippen molar-refractivity contribution in [1.29, 1.82) is 0 Å². The topological polar surface area (TPSA) is 33.2 Å². The third-order valence-corrected chi connectivity index (χ3v) is 4.81. The maximum atomic E-state index is 12.8. The van der Waals surface area contributed by atoms with Crippen LogP contribution in [0.25, 0.3) is 0 Å². The van der Waals surface area contributed by atoms with Gasteiger partial charge in [-0.1, -0.05) is 25.3 Å². The maximum Gasteiger partial charge on any atom is 0.226 e. The number of hydrogen-bond donors (Lipinski definition) is 0. The first-order valence-corrected chi connectivity index (χ1v) is 8.06. The predicted molar refractivity (Wildman–Crippen MR) is 79.1 cm³/mol. The smallest absolute Gasteiger partial charge is 0.226 e. The lowest BCUT2D eigenvalue weighted by atomic mass is 9.86. The third-order valence-electron chi connectivity index (χ3n) is 4.81. The second-order valence-corrected chi connectivity index (χ2v) is 6.16. The molecule has 1 aliphatic carbocycles. The zero-order valence-corrected chi connectivity index (χ0v) is 12.1. The quantitative estimate of drug-likeness (QED) is 0.822. The Labute approximate surface area is 121 Å². The molecule has 1 unspecified atom stereocenters. The molecule has 2 aliphatic rings. The van der Waals surface area contributed by atoms with Gasteiger partial charge in [0.2, 0.25) is 5.91 Å². The lowest BCUT2D eigenvalue weighted by molar-refractivity contribution is -0.140. The van der Waals surface area contributed by atoms with Crippen molar-refractivity contribution in [2.75, 3.05) is 6.54 Å². The first kappa shape index (κ1) is 13.6. The fourth-order valence-electron chi connectivity index (χ4n) is 3.70. The third kappa shape index (κ3) is 2.87. The van der Waals surface area contributed by atoms with E-state index in [0.29, 0.717) is 5.91 Å². The molecule has 3 heteroatoms. The van der Waals surface area contributed by atoms with Gasteiger partial charge < -0.3 is 4.90 Å². The van der Waals surface area contributed by atoms with Crippen molar-refractivity contribution in [3.63, 3.8) is 0 Å². The highest BCUT2D eigenvalue weighted by Gasteiger charge is 2.32. The molecule has 2 heterocycles. The molecule has 3 nitrogen and oxygen atoms in total. The molecule has 1 aliphatic heterocycles. The van der Waals surface area contributed by atoms with Crippen LogP contribution in [-0.2, 0) is 4.79 Å². The summed E-state index contributed by atoms with van der Waals surface area (Å²) in [6.07, 6.45) is 13.1. The summed E-state index contributed by atoms with van der Waals surface area (Å²) < 4.78 is 0. The van der Waals surface area contributed by atoms with E-state index in [1.807, 2.05) is 12.3 Å². The van der Waals surface area contributed by atoms with E-state index in [1.54, 1.807) is 6.20 Å². The van der Waals surface area contributed by atoms with Gasteiger partial charge in [0.05, 0.1) is 6.04 Å². The summed E-state index contributed by atoms with van der Waals surface area (Å²) >= 11 is 0. The van der Waals surface area contributed by atoms with E-state index in [2.05, 4.69) is 16.0 Å². The second-order valence-electron chi connectivity index (χ2n) is 6.16. The van der Waals surface area contributed by atoms with Gasteiger partial charge in [-0.25, -0.2) is 0 Å². The zero-order valence-electron chi connectivity index (χ0n) is 12.1. The summed E-state index contributed by atoms with van der Waals surface area (Å²) in [5, 5.41) is 0. The fourth-order valence-corrected chi connectivity index (χ4v) is 3.70. The number of carbonyl (C=O) groups excluding carboxylic acids is 1. The van der Waals surface area contributed by atoms with Crippen LogP contribution >= 0.6 is 0 Å². The molecule has 0 N–H and O–H groups in total. The van der Waals surface area contributed by atoms with Gasteiger partial charge in [0.15, 0.2) is 0 Å². The van der Waals surface area contributed by atoms with E-state index >= 15 is 0 Å². The van der Waals surface area contributed by atoms with Crippen LogP contribution in [0.3, 0.4) is 0 Å². The molecule has 1 aromatic rings. The number of amides is 1. The lowest BCUT2D eigenvalue weighted by Crippen LogP contribution is -2.42. The Morgan fingerprint density at radius 3 is 2.65 bits per heavy atom. The monoisotopic (exact) mass is 272 g/mol. The number of likely N-dealkylation sites (tertiary alicyclic amines) is 1. The summed E-state index contributed by atoms with van der Waals surface area (Å²) in [7, 11) is 0. The van der Waals surface area contributed by atoms with Crippen molar-refractivity contribution >= 4 is 5.91 Å². The molecule has 1 saturated carbocycles. The Morgan fingerprint density at radius 1 is 1.10 bits per heavy atom. The van der Waals surface area contributed by atoms with Crippen molar-refractivity contribution < 1.29 is 4.79 Å². The van der Waals surface area contributed by atoms with Gasteiger partial charge >= 0.3 is 0 Å². The van der Waals surface area contributed by atoms with Crippen LogP contribution in [0.1, 0.15) is 63.0 Å². The van der Waals surface area contributed by atoms with E-state index in [1.165, 1.54) is 31.2 Å². The van der Waals surface area contributed by atoms with Crippen LogP contribution < -0.4 is 0 Å². The predicted octanol–water partition coefficient (Wildman–Crippen LogP) is 3.72. The van der Waals surface area contributed by atoms with E-state index in [9.17, 15) is 4.79 Å². The minimum Gasteiger partial charge on any atom is -0.335 e. The summed E-state index contributed by atoms with van der Waals surface area (Å²) in [5.74, 6) is 0.680. The first-order chi connectivity index (χ1) is 9.86. The number of piperidine rings is 1. The van der Waals surface area contributed by atoms with Crippen molar-refractivity contribution in [3.05, 3.63) is 30.1 Å². The Kier molecular flexibility index (Phi) is 4.34. The molecule has 0 radical (unpaired) electrons. The molecular weight excluding hydrogens is 248 g/mol. The van der Waals surface area contributed by atoms with Crippen molar-refractivity contribution in [2.24, 2.45) is 5.92 Å². The van der Waals surface area contributed by atoms with E-state index in [0.717, 1.165) is 32.2 Å². The number of nitrogens with zero attached hydrogens (tertiary/aromatic N) is 2.